The molecule has 21 heavy (non-hydrogen) atoms. The first-order valence-corrected chi connectivity index (χ1v) is 7.82. The molecular formula is C13H15BrN4O2S. The van der Waals surface area contributed by atoms with Gasteiger partial charge in [-0.3, -0.25) is 20.9 Å². The standard InChI is InChI=1S/C13H15BrN4O2S/c1-17(7-10-5-13(14)21-8-10)6-9-2-3-12(18(19)20)11(4-9)16-15/h2-5,8,16H,6-7,15H2,1H3. The summed E-state index contributed by atoms with van der Waals surface area (Å²) in [5, 5.41) is 13.0. The summed E-state index contributed by atoms with van der Waals surface area (Å²) in [5.41, 5.74) is 4.87. The molecule has 6 nitrogen and oxygen atoms in total. The third kappa shape index (κ3) is 4.24. The molecule has 0 aliphatic heterocycles. The van der Waals surface area contributed by atoms with Crippen molar-refractivity contribution in [2.45, 2.75) is 13.1 Å². The summed E-state index contributed by atoms with van der Waals surface area (Å²) in [6, 6.07) is 7.01. The Morgan fingerprint density at radius 2 is 2.10 bits per heavy atom. The minimum atomic E-state index is -0.453. The fraction of sp³-hybridized carbons (Fsp3) is 0.231. The van der Waals surface area contributed by atoms with Crippen LogP contribution in [0, 0.1) is 10.1 Å². The predicted molar refractivity (Wildman–Crippen MR) is 88.1 cm³/mol. The molecule has 1 aromatic carbocycles. The van der Waals surface area contributed by atoms with Crippen LogP contribution in [0.5, 0.6) is 0 Å². The second-order valence-corrected chi connectivity index (χ2v) is 6.97. The topological polar surface area (TPSA) is 84.4 Å². The van der Waals surface area contributed by atoms with E-state index in [0.717, 1.165) is 15.9 Å². The molecule has 3 N–H and O–H groups in total. The lowest BCUT2D eigenvalue weighted by Crippen LogP contribution is -2.17. The molecule has 0 spiro atoms. The SMILES string of the molecule is CN(Cc1csc(Br)c1)Cc1ccc([N+](=O)[O-])c(NN)c1. The third-order valence-corrected chi connectivity index (χ3v) is 4.49. The number of benzene rings is 1. The number of hydrogen-bond donors (Lipinski definition) is 2. The molecule has 2 rings (SSSR count). The maximum atomic E-state index is 10.9. The highest BCUT2D eigenvalue weighted by molar-refractivity contribution is 9.11. The van der Waals surface area contributed by atoms with Gasteiger partial charge in [0, 0.05) is 19.2 Å². The van der Waals surface area contributed by atoms with Crippen LogP contribution in [0.3, 0.4) is 0 Å². The Balaban J connectivity index is 2.06. The van der Waals surface area contributed by atoms with Crippen molar-refractivity contribution in [2.24, 2.45) is 5.84 Å². The number of hydrogen-bond acceptors (Lipinski definition) is 6. The smallest absolute Gasteiger partial charge is 0.293 e. The average molecular weight is 371 g/mol. The molecule has 0 atom stereocenters. The highest BCUT2D eigenvalue weighted by atomic mass is 79.9. The number of nitro groups is 1. The lowest BCUT2D eigenvalue weighted by molar-refractivity contribution is -0.384. The summed E-state index contributed by atoms with van der Waals surface area (Å²) in [4.78, 5) is 12.5. The van der Waals surface area contributed by atoms with Crippen LogP contribution < -0.4 is 11.3 Å². The van der Waals surface area contributed by atoms with Crippen LogP contribution >= 0.6 is 27.3 Å². The number of nitro benzene ring substituents is 1. The van der Waals surface area contributed by atoms with Gasteiger partial charge in [-0.15, -0.1) is 11.3 Å². The predicted octanol–water partition coefficient (Wildman–Crippen LogP) is 3.34. The molecule has 0 amide bonds. The number of nitrogen functional groups attached to an aromatic ring is 1. The maximum absolute atomic E-state index is 10.9. The van der Waals surface area contributed by atoms with Gasteiger partial charge in [0.15, 0.2) is 0 Å². The molecule has 0 bridgehead atoms. The van der Waals surface area contributed by atoms with Crippen molar-refractivity contribution in [3.05, 3.63) is 54.7 Å². The number of thiophene rings is 1. The first kappa shape index (κ1) is 15.9. The van der Waals surface area contributed by atoms with Crippen molar-refractivity contribution in [3.8, 4) is 0 Å². The van der Waals surface area contributed by atoms with Crippen molar-refractivity contribution in [2.75, 3.05) is 12.5 Å². The van der Waals surface area contributed by atoms with E-state index in [1.165, 1.54) is 11.6 Å². The van der Waals surface area contributed by atoms with Crippen LogP contribution in [0.1, 0.15) is 11.1 Å². The van der Waals surface area contributed by atoms with Gasteiger partial charge >= 0.3 is 0 Å². The van der Waals surface area contributed by atoms with Crippen molar-refractivity contribution >= 4 is 38.6 Å². The van der Waals surface area contributed by atoms with Crippen molar-refractivity contribution in [1.29, 1.82) is 0 Å². The summed E-state index contributed by atoms with van der Waals surface area (Å²) in [5.74, 6) is 5.34. The van der Waals surface area contributed by atoms with E-state index in [2.05, 4.69) is 37.7 Å². The molecule has 2 aromatic rings. The second-order valence-electron chi connectivity index (χ2n) is 4.68. The average Bonchev–Trinajstić information content (AvgIpc) is 2.83. The summed E-state index contributed by atoms with van der Waals surface area (Å²) < 4.78 is 1.11. The molecule has 0 fully saturated rings. The number of nitrogens with one attached hydrogen (secondary N) is 1. The molecular weight excluding hydrogens is 356 g/mol. The zero-order chi connectivity index (χ0) is 15.4. The van der Waals surface area contributed by atoms with Gasteiger partial charge in [0.25, 0.3) is 5.69 Å². The minimum absolute atomic E-state index is 0.0225. The zero-order valence-corrected chi connectivity index (χ0v) is 13.8. The highest BCUT2D eigenvalue weighted by Crippen LogP contribution is 2.26. The molecule has 0 saturated carbocycles. The van der Waals surface area contributed by atoms with Crippen LogP contribution in [0.25, 0.3) is 0 Å². The number of nitrogens with zero attached hydrogens (tertiary/aromatic N) is 2. The van der Waals surface area contributed by atoms with Crippen LogP contribution in [-0.4, -0.2) is 16.9 Å². The van der Waals surface area contributed by atoms with Gasteiger partial charge in [0.1, 0.15) is 5.69 Å². The number of halogens is 1. The first-order chi connectivity index (χ1) is 9.99. The van der Waals surface area contributed by atoms with E-state index in [0.29, 0.717) is 12.2 Å². The van der Waals surface area contributed by atoms with Crippen LogP contribution in [0.15, 0.2) is 33.4 Å². The van der Waals surface area contributed by atoms with Gasteiger partial charge in [-0.2, -0.15) is 0 Å². The lowest BCUT2D eigenvalue weighted by atomic mass is 10.1. The molecule has 0 radical (unpaired) electrons. The molecule has 8 heteroatoms. The molecule has 1 heterocycles. The summed E-state index contributed by atoms with van der Waals surface area (Å²) >= 11 is 5.10. The fourth-order valence-electron chi connectivity index (χ4n) is 2.06. The Hall–Kier alpha value is -1.48. The number of rotatable bonds is 6. The Morgan fingerprint density at radius 1 is 1.38 bits per heavy atom. The Kier molecular flexibility index (Phi) is 5.29. The second kappa shape index (κ2) is 6.99. The van der Waals surface area contributed by atoms with E-state index in [4.69, 9.17) is 5.84 Å². The van der Waals surface area contributed by atoms with Gasteiger partial charge in [0.05, 0.1) is 8.71 Å². The van der Waals surface area contributed by atoms with Crippen LogP contribution in [0.2, 0.25) is 0 Å². The molecule has 0 unspecified atom stereocenters. The number of nitrogens with two attached hydrogens (primary N) is 1. The van der Waals surface area contributed by atoms with Gasteiger partial charge in [-0.05, 0) is 51.6 Å². The Morgan fingerprint density at radius 3 is 2.67 bits per heavy atom. The molecule has 0 aliphatic rings. The quantitative estimate of drug-likeness (QED) is 0.462. The number of anilines is 1. The molecule has 0 saturated heterocycles. The third-order valence-electron chi connectivity index (χ3n) is 2.94. The summed E-state index contributed by atoms with van der Waals surface area (Å²) in [6.45, 7) is 1.49. The monoisotopic (exact) mass is 370 g/mol. The Bertz CT molecular complexity index is 647. The maximum Gasteiger partial charge on any atom is 0.293 e. The molecule has 0 aliphatic carbocycles. The van der Waals surface area contributed by atoms with E-state index in [-0.39, 0.29) is 5.69 Å². The van der Waals surface area contributed by atoms with Crippen LogP contribution in [-0.2, 0) is 13.1 Å². The van der Waals surface area contributed by atoms with Crippen molar-refractivity contribution < 1.29 is 4.92 Å². The lowest BCUT2D eigenvalue weighted by Gasteiger charge is -2.16. The summed E-state index contributed by atoms with van der Waals surface area (Å²) in [7, 11) is 2.00. The van der Waals surface area contributed by atoms with E-state index in [1.807, 2.05) is 7.05 Å². The zero-order valence-electron chi connectivity index (χ0n) is 11.4. The van der Waals surface area contributed by atoms with Gasteiger partial charge < -0.3 is 5.43 Å². The van der Waals surface area contributed by atoms with Crippen molar-refractivity contribution in [3.63, 3.8) is 0 Å². The largest absolute Gasteiger partial charge is 0.318 e. The summed E-state index contributed by atoms with van der Waals surface area (Å²) in [6.07, 6.45) is 0. The van der Waals surface area contributed by atoms with Crippen LogP contribution in [0.4, 0.5) is 11.4 Å². The van der Waals surface area contributed by atoms with E-state index in [1.54, 1.807) is 23.5 Å². The normalized spacial score (nSPS) is 10.9. The van der Waals surface area contributed by atoms with Gasteiger partial charge in [-0.1, -0.05) is 6.07 Å². The van der Waals surface area contributed by atoms with Crippen molar-refractivity contribution in [1.82, 2.24) is 4.90 Å². The minimum Gasteiger partial charge on any atom is -0.318 e. The molecule has 1 aromatic heterocycles. The van der Waals surface area contributed by atoms with E-state index < -0.39 is 4.92 Å². The Labute approximate surface area is 134 Å². The number of hydrazine groups is 1. The highest BCUT2D eigenvalue weighted by Gasteiger charge is 2.14. The van der Waals surface area contributed by atoms with E-state index in [9.17, 15) is 10.1 Å². The first-order valence-electron chi connectivity index (χ1n) is 6.15. The fourth-order valence-corrected chi connectivity index (χ4v) is 3.26. The van der Waals surface area contributed by atoms with E-state index >= 15 is 0 Å². The van der Waals surface area contributed by atoms with Gasteiger partial charge in [-0.25, -0.2) is 0 Å². The molecule has 112 valence electrons. The van der Waals surface area contributed by atoms with Gasteiger partial charge in [0.2, 0.25) is 0 Å².